The minimum atomic E-state index is -0.112. The average Bonchev–Trinajstić information content (AvgIpc) is 3.09. The summed E-state index contributed by atoms with van der Waals surface area (Å²) in [5.74, 6) is 2.15. The zero-order valence-electron chi connectivity index (χ0n) is 15.5. The standard InChI is InChI=1S/C22H27N3O/c1-24(2)13-18-19-14-25(15-20(18)19)22(26)23-21(16-9-5-3-6-10-16)17-11-7-4-8-12-17/h3-12,18-21H,13-15H2,1-2H3,(H,23,26)/t18?,19-,20+. The van der Waals surface area contributed by atoms with Crippen LogP contribution in [0, 0.1) is 17.8 Å². The molecular weight excluding hydrogens is 322 g/mol. The molecule has 0 aromatic heterocycles. The number of carbonyl (C=O) groups excluding carboxylic acids is 1. The number of carbonyl (C=O) groups is 1. The number of urea groups is 1. The van der Waals surface area contributed by atoms with E-state index in [1.807, 2.05) is 41.3 Å². The second-order valence-electron chi connectivity index (χ2n) is 7.86. The van der Waals surface area contributed by atoms with Gasteiger partial charge < -0.3 is 15.1 Å². The number of nitrogens with zero attached hydrogens (tertiary/aromatic N) is 2. The molecule has 4 heteroatoms. The van der Waals surface area contributed by atoms with E-state index < -0.39 is 0 Å². The van der Waals surface area contributed by atoms with Crippen LogP contribution in [-0.2, 0) is 0 Å². The summed E-state index contributed by atoms with van der Waals surface area (Å²) < 4.78 is 0. The van der Waals surface area contributed by atoms with E-state index in [2.05, 4.69) is 48.6 Å². The third-order valence-corrected chi connectivity index (χ3v) is 5.77. The lowest BCUT2D eigenvalue weighted by atomic mass is 9.99. The van der Waals surface area contributed by atoms with Gasteiger partial charge >= 0.3 is 6.03 Å². The predicted molar refractivity (Wildman–Crippen MR) is 104 cm³/mol. The first-order valence-electron chi connectivity index (χ1n) is 9.43. The number of rotatable bonds is 5. The number of amides is 2. The normalized spacial score (nSPS) is 24.0. The Morgan fingerprint density at radius 1 is 1.00 bits per heavy atom. The molecule has 4 nitrogen and oxygen atoms in total. The van der Waals surface area contributed by atoms with Gasteiger partial charge in [0.1, 0.15) is 0 Å². The summed E-state index contributed by atoms with van der Waals surface area (Å²) in [6.07, 6.45) is 0. The maximum atomic E-state index is 12.9. The van der Waals surface area contributed by atoms with E-state index >= 15 is 0 Å². The lowest BCUT2D eigenvalue weighted by molar-refractivity contribution is 0.196. The maximum Gasteiger partial charge on any atom is 0.318 e. The predicted octanol–water partition coefficient (Wildman–Crippen LogP) is 3.23. The van der Waals surface area contributed by atoms with E-state index in [1.54, 1.807) is 0 Å². The van der Waals surface area contributed by atoms with Crippen LogP contribution in [0.15, 0.2) is 60.7 Å². The summed E-state index contributed by atoms with van der Waals surface area (Å²) in [6, 6.07) is 20.3. The van der Waals surface area contributed by atoms with E-state index in [9.17, 15) is 4.79 Å². The molecule has 0 radical (unpaired) electrons. The van der Waals surface area contributed by atoms with Crippen molar-refractivity contribution in [2.24, 2.45) is 17.8 Å². The zero-order valence-corrected chi connectivity index (χ0v) is 15.5. The van der Waals surface area contributed by atoms with Crippen LogP contribution in [0.4, 0.5) is 4.79 Å². The van der Waals surface area contributed by atoms with E-state index in [-0.39, 0.29) is 12.1 Å². The number of hydrogen-bond donors (Lipinski definition) is 1. The quantitative estimate of drug-likeness (QED) is 0.900. The van der Waals surface area contributed by atoms with Crippen LogP contribution in [-0.4, -0.2) is 49.6 Å². The molecule has 2 amide bonds. The van der Waals surface area contributed by atoms with Crippen molar-refractivity contribution in [2.75, 3.05) is 33.7 Å². The van der Waals surface area contributed by atoms with Gasteiger partial charge in [0, 0.05) is 19.6 Å². The average molecular weight is 349 g/mol. The van der Waals surface area contributed by atoms with Crippen LogP contribution in [0.1, 0.15) is 17.2 Å². The molecule has 3 atom stereocenters. The van der Waals surface area contributed by atoms with Gasteiger partial charge in [0.15, 0.2) is 0 Å². The monoisotopic (exact) mass is 349 g/mol. The number of piperidine rings is 1. The van der Waals surface area contributed by atoms with Gasteiger partial charge in [-0.25, -0.2) is 4.79 Å². The van der Waals surface area contributed by atoms with Crippen molar-refractivity contribution in [2.45, 2.75) is 6.04 Å². The Hall–Kier alpha value is -2.33. The van der Waals surface area contributed by atoms with Crippen molar-refractivity contribution in [3.05, 3.63) is 71.8 Å². The van der Waals surface area contributed by atoms with E-state index in [4.69, 9.17) is 0 Å². The highest BCUT2D eigenvalue weighted by Gasteiger charge is 2.56. The Bertz CT molecular complexity index is 695. The fourth-order valence-corrected chi connectivity index (χ4v) is 4.37. The number of hydrogen-bond acceptors (Lipinski definition) is 2. The molecule has 2 aromatic carbocycles. The zero-order chi connectivity index (χ0) is 18.1. The summed E-state index contributed by atoms with van der Waals surface area (Å²) in [5.41, 5.74) is 2.23. The highest BCUT2D eigenvalue weighted by molar-refractivity contribution is 5.76. The first-order chi connectivity index (χ1) is 12.6. The molecule has 1 N–H and O–H groups in total. The van der Waals surface area contributed by atoms with Crippen LogP contribution >= 0.6 is 0 Å². The second-order valence-corrected chi connectivity index (χ2v) is 7.86. The third-order valence-electron chi connectivity index (χ3n) is 5.77. The molecule has 1 aliphatic heterocycles. The van der Waals surface area contributed by atoms with Crippen molar-refractivity contribution < 1.29 is 4.79 Å². The minimum absolute atomic E-state index is 0.0542. The largest absolute Gasteiger partial charge is 0.327 e. The Morgan fingerprint density at radius 3 is 1.96 bits per heavy atom. The lowest BCUT2D eigenvalue weighted by Crippen LogP contribution is -2.42. The van der Waals surface area contributed by atoms with Gasteiger partial charge in [-0.15, -0.1) is 0 Å². The van der Waals surface area contributed by atoms with Gasteiger partial charge in [-0.2, -0.15) is 0 Å². The first kappa shape index (κ1) is 17.1. The maximum absolute atomic E-state index is 12.9. The topological polar surface area (TPSA) is 35.6 Å². The molecule has 4 rings (SSSR count). The molecule has 1 saturated carbocycles. The molecule has 2 aromatic rings. The van der Waals surface area contributed by atoms with Gasteiger partial charge in [0.2, 0.25) is 0 Å². The summed E-state index contributed by atoms with van der Waals surface area (Å²) in [7, 11) is 4.26. The van der Waals surface area contributed by atoms with Gasteiger partial charge in [-0.05, 0) is 43.0 Å². The Labute approximate surface area is 155 Å². The van der Waals surface area contributed by atoms with E-state index in [0.29, 0.717) is 11.8 Å². The van der Waals surface area contributed by atoms with Crippen molar-refractivity contribution in [1.82, 2.24) is 15.1 Å². The van der Waals surface area contributed by atoms with Crippen molar-refractivity contribution in [1.29, 1.82) is 0 Å². The van der Waals surface area contributed by atoms with E-state index in [1.165, 1.54) is 0 Å². The van der Waals surface area contributed by atoms with Crippen LogP contribution < -0.4 is 5.32 Å². The van der Waals surface area contributed by atoms with Crippen LogP contribution in [0.25, 0.3) is 0 Å². The summed E-state index contributed by atoms with van der Waals surface area (Å²) in [4.78, 5) is 17.2. The third kappa shape index (κ3) is 3.47. The Kier molecular flexibility index (Phi) is 4.68. The van der Waals surface area contributed by atoms with Gasteiger partial charge in [0.05, 0.1) is 6.04 Å². The highest BCUT2D eigenvalue weighted by atomic mass is 16.2. The molecule has 1 aliphatic carbocycles. The number of likely N-dealkylation sites (tertiary alicyclic amines) is 1. The lowest BCUT2D eigenvalue weighted by Gasteiger charge is -2.26. The van der Waals surface area contributed by atoms with Crippen molar-refractivity contribution in [3.63, 3.8) is 0 Å². The molecule has 1 unspecified atom stereocenters. The molecule has 1 heterocycles. The first-order valence-corrected chi connectivity index (χ1v) is 9.43. The molecule has 0 spiro atoms. The van der Waals surface area contributed by atoms with Crippen LogP contribution in [0.3, 0.4) is 0 Å². The van der Waals surface area contributed by atoms with Crippen molar-refractivity contribution in [3.8, 4) is 0 Å². The van der Waals surface area contributed by atoms with Crippen molar-refractivity contribution >= 4 is 6.03 Å². The van der Waals surface area contributed by atoms with Crippen LogP contribution in [0.2, 0.25) is 0 Å². The number of nitrogens with one attached hydrogen (secondary N) is 1. The number of benzene rings is 2. The fourth-order valence-electron chi connectivity index (χ4n) is 4.37. The second kappa shape index (κ2) is 7.12. The Balaban J connectivity index is 1.43. The summed E-state index contributed by atoms with van der Waals surface area (Å²) in [5, 5.41) is 3.26. The smallest absolute Gasteiger partial charge is 0.318 e. The minimum Gasteiger partial charge on any atom is -0.327 e. The summed E-state index contributed by atoms with van der Waals surface area (Å²) in [6.45, 7) is 2.93. The molecular formula is C22H27N3O. The number of fused-ring (bicyclic) bond motifs is 1. The van der Waals surface area contributed by atoms with Gasteiger partial charge in [0.25, 0.3) is 0 Å². The highest BCUT2D eigenvalue weighted by Crippen LogP contribution is 2.51. The molecule has 26 heavy (non-hydrogen) atoms. The molecule has 1 saturated heterocycles. The molecule has 136 valence electrons. The van der Waals surface area contributed by atoms with E-state index in [0.717, 1.165) is 36.7 Å². The molecule has 2 aliphatic rings. The fraction of sp³-hybridized carbons (Fsp3) is 0.409. The SMILES string of the molecule is CN(C)CC1[C@H]2CN(C(=O)NC(c3ccccc3)c3ccccc3)C[C@@H]12. The molecule has 0 bridgehead atoms. The van der Waals surface area contributed by atoms with Crippen LogP contribution in [0.5, 0.6) is 0 Å². The Morgan fingerprint density at radius 2 is 1.50 bits per heavy atom. The van der Waals surface area contributed by atoms with Gasteiger partial charge in [-0.1, -0.05) is 60.7 Å². The van der Waals surface area contributed by atoms with Gasteiger partial charge in [-0.3, -0.25) is 0 Å². The molecule has 2 fully saturated rings. The summed E-state index contributed by atoms with van der Waals surface area (Å²) >= 11 is 0.